The molecule has 0 amide bonds. The summed E-state index contributed by atoms with van der Waals surface area (Å²) >= 11 is 0. The van der Waals surface area contributed by atoms with Gasteiger partial charge in [0.1, 0.15) is 0 Å². The molecular weight excluding hydrogens is 114 g/mol. The van der Waals surface area contributed by atoms with Gasteiger partial charge in [-0.2, -0.15) is 5.26 Å². The topological polar surface area (TPSA) is 30.3 Å². The SMILES string of the molecule is CC1=CCN(C#N)N1C. The van der Waals surface area contributed by atoms with Crippen LogP contribution in [0.4, 0.5) is 0 Å². The molecule has 0 radical (unpaired) electrons. The summed E-state index contributed by atoms with van der Waals surface area (Å²) in [6.45, 7) is 2.70. The third-order valence-corrected chi connectivity index (χ3v) is 1.55. The van der Waals surface area contributed by atoms with Gasteiger partial charge >= 0.3 is 0 Å². The van der Waals surface area contributed by atoms with E-state index in [9.17, 15) is 0 Å². The van der Waals surface area contributed by atoms with Crippen molar-refractivity contribution in [3.05, 3.63) is 11.8 Å². The van der Waals surface area contributed by atoms with E-state index in [1.807, 2.05) is 25.1 Å². The van der Waals surface area contributed by atoms with Crippen LogP contribution in [0.2, 0.25) is 0 Å². The summed E-state index contributed by atoms with van der Waals surface area (Å²) in [7, 11) is 1.88. The van der Waals surface area contributed by atoms with E-state index in [1.165, 1.54) is 0 Å². The van der Waals surface area contributed by atoms with E-state index in [0.29, 0.717) is 0 Å². The Hall–Kier alpha value is -1.17. The summed E-state index contributed by atoms with van der Waals surface area (Å²) in [5, 5.41) is 11.9. The second-order valence-electron chi connectivity index (χ2n) is 2.05. The van der Waals surface area contributed by atoms with Gasteiger partial charge in [-0.1, -0.05) is 0 Å². The van der Waals surface area contributed by atoms with E-state index in [-0.39, 0.29) is 0 Å². The zero-order valence-electron chi connectivity index (χ0n) is 5.63. The summed E-state index contributed by atoms with van der Waals surface area (Å²) < 4.78 is 0. The fourth-order valence-electron chi connectivity index (χ4n) is 0.771. The second kappa shape index (κ2) is 1.98. The van der Waals surface area contributed by atoms with E-state index < -0.39 is 0 Å². The number of hydrogen-bond donors (Lipinski definition) is 0. The van der Waals surface area contributed by atoms with Gasteiger partial charge < -0.3 is 0 Å². The van der Waals surface area contributed by atoms with E-state index >= 15 is 0 Å². The fraction of sp³-hybridized carbons (Fsp3) is 0.500. The Morgan fingerprint density at radius 3 is 2.67 bits per heavy atom. The van der Waals surface area contributed by atoms with Crippen molar-refractivity contribution in [3.8, 4) is 6.19 Å². The van der Waals surface area contributed by atoms with Crippen LogP contribution in [0, 0.1) is 11.5 Å². The summed E-state index contributed by atoms with van der Waals surface area (Å²) in [6.07, 6.45) is 4.07. The molecule has 0 aromatic heterocycles. The van der Waals surface area contributed by atoms with Gasteiger partial charge in [-0.3, -0.25) is 5.01 Å². The average molecular weight is 123 g/mol. The van der Waals surface area contributed by atoms with Crippen LogP contribution in [0.15, 0.2) is 11.8 Å². The molecule has 1 aliphatic rings. The van der Waals surface area contributed by atoms with E-state index in [0.717, 1.165) is 12.2 Å². The molecule has 1 heterocycles. The Bertz CT molecular complexity index is 177. The fourth-order valence-corrected chi connectivity index (χ4v) is 0.771. The van der Waals surface area contributed by atoms with Gasteiger partial charge in [-0.15, -0.1) is 0 Å². The lowest BCUT2D eigenvalue weighted by molar-refractivity contribution is 0.142. The Balaban J connectivity index is 2.65. The first kappa shape index (κ1) is 5.96. The van der Waals surface area contributed by atoms with Crippen LogP contribution in [0.3, 0.4) is 0 Å². The molecule has 0 saturated carbocycles. The van der Waals surface area contributed by atoms with Crippen molar-refractivity contribution in [2.75, 3.05) is 13.6 Å². The van der Waals surface area contributed by atoms with Gasteiger partial charge in [0.15, 0.2) is 6.19 Å². The van der Waals surface area contributed by atoms with Gasteiger partial charge in [0.05, 0.1) is 6.54 Å². The summed E-state index contributed by atoms with van der Waals surface area (Å²) in [6, 6.07) is 0. The maximum Gasteiger partial charge on any atom is 0.200 e. The van der Waals surface area contributed by atoms with E-state index in [4.69, 9.17) is 5.26 Å². The van der Waals surface area contributed by atoms with Crippen LogP contribution in [0.5, 0.6) is 0 Å². The molecule has 0 spiro atoms. The molecule has 0 fully saturated rings. The highest BCUT2D eigenvalue weighted by Gasteiger charge is 2.13. The Labute approximate surface area is 54.8 Å². The van der Waals surface area contributed by atoms with Crippen molar-refractivity contribution in [2.24, 2.45) is 0 Å². The summed E-state index contributed by atoms with van der Waals surface area (Å²) in [5.41, 5.74) is 1.14. The molecule has 1 rings (SSSR count). The molecule has 3 heteroatoms. The highest BCUT2D eigenvalue weighted by Crippen LogP contribution is 2.10. The molecule has 0 unspecified atom stereocenters. The van der Waals surface area contributed by atoms with Crippen LogP contribution in [-0.2, 0) is 0 Å². The van der Waals surface area contributed by atoms with Gasteiger partial charge in [-0.05, 0) is 13.0 Å². The number of hydrogen-bond acceptors (Lipinski definition) is 3. The first-order valence-electron chi connectivity index (χ1n) is 2.83. The maximum atomic E-state index is 8.46. The normalized spacial score (nSPS) is 17.7. The molecule has 0 aliphatic carbocycles. The molecule has 1 aliphatic heterocycles. The molecular formula is C6H9N3. The van der Waals surface area contributed by atoms with E-state index in [2.05, 4.69) is 6.19 Å². The van der Waals surface area contributed by atoms with Gasteiger partial charge in [0.2, 0.25) is 0 Å². The number of nitriles is 1. The molecule has 0 N–H and O–H groups in total. The predicted octanol–water partition coefficient (Wildman–Crippen LogP) is 0.534. The average Bonchev–Trinajstić information content (AvgIpc) is 2.15. The molecule has 0 aromatic rings. The van der Waals surface area contributed by atoms with Crippen LogP contribution in [0.1, 0.15) is 6.92 Å². The van der Waals surface area contributed by atoms with Crippen LogP contribution < -0.4 is 0 Å². The van der Waals surface area contributed by atoms with Gasteiger partial charge in [0.25, 0.3) is 0 Å². The third-order valence-electron chi connectivity index (χ3n) is 1.55. The van der Waals surface area contributed by atoms with Gasteiger partial charge in [0, 0.05) is 12.7 Å². The molecule has 0 aromatic carbocycles. The Kier molecular flexibility index (Phi) is 1.31. The zero-order valence-corrected chi connectivity index (χ0v) is 5.63. The summed E-state index contributed by atoms with van der Waals surface area (Å²) in [4.78, 5) is 0. The Morgan fingerprint density at radius 1 is 1.78 bits per heavy atom. The van der Waals surface area contributed by atoms with Gasteiger partial charge in [-0.25, -0.2) is 5.01 Å². The molecule has 0 bridgehead atoms. The van der Waals surface area contributed by atoms with Crippen LogP contribution in [0.25, 0.3) is 0 Å². The van der Waals surface area contributed by atoms with Crippen molar-refractivity contribution >= 4 is 0 Å². The first-order valence-corrected chi connectivity index (χ1v) is 2.83. The number of nitrogens with zero attached hydrogens (tertiary/aromatic N) is 3. The van der Waals surface area contributed by atoms with Crippen LogP contribution in [-0.4, -0.2) is 23.6 Å². The number of rotatable bonds is 0. The van der Waals surface area contributed by atoms with Crippen molar-refractivity contribution in [1.29, 1.82) is 5.26 Å². The zero-order chi connectivity index (χ0) is 6.85. The predicted molar refractivity (Wildman–Crippen MR) is 33.8 cm³/mol. The highest BCUT2D eigenvalue weighted by atomic mass is 15.6. The van der Waals surface area contributed by atoms with Crippen molar-refractivity contribution < 1.29 is 0 Å². The lowest BCUT2D eigenvalue weighted by atomic mass is 10.5. The molecule has 0 atom stereocenters. The molecule has 48 valence electrons. The minimum Gasteiger partial charge on any atom is -0.284 e. The largest absolute Gasteiger partial charge is 0.284 e. The van der Waals surface area contributed by atoms with Crippen molar-refractivity contribution in [3.63, 3.8) is 0 Å². The number of hydrazine groups is 1. The maximum absolute atomic E-state index is 8.46. The minimum atomic E-state index is 0.721. The molecule has 0 saturated heterocycles. The third kappa shape index (κ3) is 0.833. The van der Waals surface area contributed by atoms with Crippen molar-refractivity contribution in [2.45, 2.75) is 6.92 Å². The monoisotopic (exact) mass is 123 g/mol. The minimum absolute atomic E-state index is 0.721. The number of allylic oxidation sites excluding steroid dienone is 1. The first-order chi connectivity index (χ1) is 4.25. The lowest BCUT2D eigenvalue weighted by Crippen LogP contribution is -2.28. The van der Waals surface area contributed by atoms with E-state index in [1.54, 1.807) is 5.01 Å². The molecule has 9 heavy (non-hydrogen) atoms. The highest BCUT2D eigenvalue weighted by molar-refractivity contribution is 5.05. The lowest BCUT2D eigenvalue weighted by Gasteiger charge is -2.20. The smallest absolute Gasteiger partial charge is 0.200 e. The standard InChI is InChI=1S/C6H9N3/c1-6-3-4-9(5-7)8(6)2/h3H,4H2,1-2H3. The second-order valence-corrected chi connectivity index (χ2v) is 2.05. The quantitative estimate of drug-likeness (QED) is 0.440. The summed E-state index contributed by atoms with van der Waals surface area (Å²) in [5.74, 6) is 0. The Morgan fingerprint density at radius 2 is 2.44 bits per heavy atom. The molecule has 3 nitrogen and oxygen atoms in total. The van der Waals surface area contributed by atoms with Crippen molar-refractivity contribution in [1.82, 2.24) is 10.0 Å². The van der Waals surface area contributed by atoms with Crippen LogP contribution >= 0.6 is 0 Å².